The third-order valence-electron chi connectivity index (χ3n) is 1.56. The van der Waals surface area contributed by atoms with Crippen LogP contribution >= 0.6 is 0 Å². The van der Waals surface area contributed by atoms with Gasteiger partial charge in [0.1, 0.15) is 0 Å². The highest BCUT2D eigenvalue weighted by molar-refractivity contribution is 7.89. The molecule has 78 valence electrons. The first-order chi connectivity index (χ1) is 6.64. The van der Waals surface area contributed by atoms with E-state index in [-0.39, 0.29) is 18.9 Å². The Morgan fingerprint density at radius 3 is 2.79 bits per heavy atom. The van der Waals surface area contributed by atoms with Crippen molar-refractivity contribution in [2.45, 2.75) is 6.54 Å². The van der Waals surface area contributed by atoms with Crippen molar-refractivity contribution >= 4 is 10.0 Å². The van der Waals surface area contributed by atoms with Gasteiger partial charge >= 0.3 is 0 Å². The van der Waals surface area contributed by atoms with Crippen molar-refractivity contribution < 1.29 is 13.5 Å². The van der Waals surface area contributed by atoms with Gasteiger partial charge in [0.2, 0.25) is 10.0 Å². The molecule has 14 heavy (non-hydrogen) atoms. The van der Waals surface area contributed by atoms with Crippen LogP contribution in [0.2, 0.25) is 0 Å². The monoisotopic (exact) mass is 216 g/mol. The van der Waals surface area contributed by atoms with Crippen LogP contribution in [-0.2, 0) is 16.6 Å². The molecule has 1 aromatic heterocycles. The summed E-state index contributed by atoms with van der Waals surface area (Å²) in [5, 5.41) is 8.46. The van der Waals surface area contributed by atoms with Crippen LogP contribution < -0.4 is 4.72 Å². The van der Waals surface area contributed by atoms with Gasteiger partial charge in [-0.05, 0) is 12.1 Å². The van der Waals surface area contributed by atoms with Crippen LogP contribution in [0, 0.1) is 0 Å². The van der Waals surface area contributed by atoms with Gasteiger partial charge < -0.3 is 5.11 Å². The van der Waals surface area contributed by atoms with Gasteiger partial charge in [-0.25, -0.2) is 13.1 Å². The first-order valence-corrected chi connectivity index (χ1v) is 5.77. The van der Waals surface area contributed by atoms with Crippen LogP contribution in [0.5, 0.6) is 0 Å². The molecule has 0 spiro atoms. The van der Waals surface area contributed by atoms with Gasteiger partial charge in [-0.15, -0.1) is 0 Å². The molecule has 0 fully saturated rings. The lowest BCUT2D eigenvalue weighted by atomic mass is 10.4. The molecule has 1 aromatic rings. The highest BCUT2D eigenvalue weighted by Crippen LogP contribution is 1.94. The number of aliphatic hydroxyl groups is 1. The number of rotatable bonds is 5. The second-order valence-electron chi connectivity index (χ2n) is 2.68. The molecule has 2 N–H and O–H groups in total. The molecule has 0 unspecified atom stereocenters. The summed E-state index contributed by atoms with van der Waals surface area (Å²) in [7, 11) is -3.37. The van der Waals surface area contributed by atoms with E-state index in [4.69, 9.17) is 5.11 Å². The second kappa shape index (κ2) is 5.04. The van der Waals surface area contributed by atoms with Gasteiger partial charge in [0.05, 0.1) is 24.6 Å². The molecule has 1 rings (SSSR count). The molecule has 0 aliphatic carbocycles. The van der Waals surface area contributed by atoms with Gasteiger partial charge in [0.25, 0.3) is 0 Å². The number of nitrogens with zero attached hydrogens (tertiary/aromatic N) is 1. The quantitative estimate of drug-likeness (QED) is 0.695. The maximum Gasteiger partial charge on any atom is 0.214 e. The normalized spacial score (nSPS) is 11.5. The summed E-state index contributed by atoms with van der Waals surface area (Å²) in [6.07, 6.45) is 1.59. The van der Waals surface area contributed by atoms with E-state index < -0.39 is 10.0 Å². The van der Waals surface area contributed by atoms with E-state index in [2.05, 4.69) is 9.71 Å². The molecule has 0 amide bonds. The number of nitrogens with one attached hydrogen (secondary N) is 1. The minimum atomic E-state index is -3.37. The molecule has 0 saturated carbocycles. The van der Waals surface area contributed by atoms with Crippen LogP contribution in [-0.4, -0.2) is 30.9 Å². The fourth-order valence-electron chi connectivity index (χ4n) is 0.879. The third kappa shape index (κ3) is 3.82. The Balaban J connectivity index is 2.49. The molecule has 0 aliphatic rings. The van der Waals surface area contributed by atoms with E-state index in [1.165, 1.54) is 0 Å². The fourth-order valence-corrected chi connectivity index (χ4v) is 1.63. The molecule has 0 bridgehead atoms. The van der Waals surface area contributed by atoms with Crippen LogP contribution in [0.15, 0.2) is 24.4 Å². The molecule has 0 aliphatic heterocycles. The molecule has 0 saturated heterocycles. The predicted octanol–water partition coefficient (Wildman–Crippen LogP) is -0.507. The van der Waals surface area contributed by atoms with Gasteiger partial charge in [-0.2, -0.15) is 0 Å². The number of aliphatic hydroxyl groups excluding tert-OH is 1. The van der Waals surface area contributed by atoms with Crippen molar-refractivity contribution in [2.75, 3.05) is 12.4 Å². The SMILES string of the molecule is O=S(=O)(CCO)NCc1ccccn1. The zero-order valence-corrected chi connectivity index (χ0v) is 8.37. The van der Waals surface area contributed by atoms with Crippen molar-refractivity contribution in [1.82, 2.24) is 9.71 Å². The minimum absolute atomic E-state index is 0.156. The summed E-state index contributed by atoms with van der Waals surface area (Å²) in [6.45, 7) is -0.222. The molecule has 0 aromatic carbocycles. The molecule has 1 heterocycles. The standard InChI is InChI=1S/C8H12N2O3S/c11-5-6-14(12,13)10-7-8-3-1-2-4-9-8/h1-4,10-11H,5-7H2. The maximum atomic E-state index is 11.1. The Morgan fingerprint density at radius 2 is 2.21 bits per heavy atom. The fraction of sp³-hybridized carbons (Fsp3) is 0.375. The lowest BCUT2D eigenvalue weighted by molar-refractivity contribution is 0.319. The van der Waals surface area contributed by atoms with E-state index >= 15 is 0 Å². The molecule has 6 heteroatoms. The summed E-state index contributed by atoms with van der Waals surface area (Å²) in [6, 6.07) is 5.26. The van der Waals surface area contributed by atoms with Crippen molar-refractivity contribution in [1.29, 1.82) is 0 Å². The topological polar surface area (TPSA) is 79.3 Å². The van der Waals surface area contributed by atoms with Gasteiger partial charge in [-0.3, -0.25) is 4.98 Å². The smallest absolute Gasteiger partial charge is 0.214 e. The number of aromatic nitrogens is 1. The van der Waals surface area contributed by atoms with Crippen molar-refractivity contribution in [3.05, 3.63) is 30.1 Å². The number of pyridine rings is 1. The molecule has 5 nitrogen and oxygen atoms in total. The first kappa shape index (κ1) is 11.1. The average Bonchev–Trinajstić information content (AvgIpc) is 2.17. The zero-order chi connectivity index (χ0) is 10.4. The lowest BCUT2D eigenvalue weighted by Gasteiger charge is -2.03. The summed E-state index contributed by atoms with van der Waals surface area (Å²) in [5.41, 5.74) is 0.647. The van der Waals surface area contributed by atoms with Gasteiger partial charge in [0, 0.05) is 6.20 Å². The number of sulfonamides is 1. The van der Waals surface area contributed by atoms with Gasteiger partial charge in [0.15, 0.2) is 0 Å². The summed E-state index contributed by atoms with van der Waals surface area (Å²) in [4.78, 5) is 3.95. The number of hydrogen-bond donors (Lipinski definition) is 2. The number of hydrogen-bond acceptors (Lipinski definition) is 4. The highest BCUT2D eigenvalue weighted by Gasteiger charge is 2.08. The molecule has 0 radical (unpaired) electrons. The first-order valence-electron chi connectivity index (χ1n) is 4.12. The van der Waals surface area contributed by atoms with E-state index in [0.29, 0.717) is 5.69 Å². The van der Waals surface area contributed by atoms with Crippen LogP contribution in [0.25, 0.3) is 0 Å². The molecular formula is C8H12N2O3S. The molecular weight excluding hydrogens is 204 g/mol. The van der Waals surface area contributed by atoms with Crippen LogP contribution in [0.3, 0.4) is 0 Å². The maximum absolute atomic E-state index is 11.1. The average molecular weight is 216 g/mol. The predicted molar refractivity (Wildman–Crippen MR) is 51.9 cm³/mol. The van der Waals surface area contributed by atoms with E-state index in [9.17, 15) is 8.42 Å². The van der Waals surface area contributed by atoms with E-state index in [1.807, 2.05) is 0 Å². The summed E-state index contributed by atoms with van der Waals surface area (Å²) in [5.74, 6) is -0.278. The van der Waals surface area contributed by atoms with Crippen molar-refractivity contribution in [2.24, 2.45) is 0 Å². The lowest BCUT2D eigenvalue weighted by Crippen LogP contribution is -2.27. The Bertz CT molecular complexity index is 363. The van der Waals surface area contributed by atoms with Crippen molar-refractivity contribution in [3.8, 4) is 0 Å². The van der Waals surface area contributed by atoms with Crippen LogP contribution in [0.4, 0.5) is 0 Å². The molecule has 0 atom stereocenters. The zero-order valence-electron chi connectivity index (χ0n) is 7.55. The van der Waals surface area contributed by atoms with Gasteiger partial charge in [-0.1, -0.05) is 6.07 Å². The second-order valence-corrected chi connectivity index (χ2v) is 4.61. The Kier molecular flexibility index (Phi) is 3.99. The largest absolute Gasteiger partial charge is 0.395 e. The Hall–Kier alpha value is -0.980. The minimum Gasteiger partial charge on any atom is -0.395 e. The van der Waals surface area contributed by atoms with Crippen LogP contribution in [0.1, 0.15) is 5.69 Å². The Labute approximate surface area is 82.9 Å². The highest BCUT2D eigenvalue weighted by atomic mass is 32.2. The van der Waals surface area contributed by atoms with E-state index in [0.717, 1.165) is 0 Å². The summed E-state index contributed by atoms with van der Waals surface area (Å²) < 4.78 is 24.5. The third-order valence-corrected chi connectivity index (χ3v) is 2.86. The van der Waals surface area contributed by atoms with E-state index in [1.54, 1.807) is 24.4 Å². The van der Waals surface area contributed by atoms with Crippen molar-refractivity contribution in [3.63, 3.8) is 0 Å². The Morgan fingerprint density at radius 1 is 1.43 bits per heavy atom. The summed E-state index contributed by atoms with van der Waals surface area (Å²) >= 11 is 0.